The van der Waals surface area contributed by atoms with Crippen molar-refractivity contribution in [1.29, 1.82) is 0 Å². The average molecular weight is 418 g/mol. The summed E-state index contributed by atoms with van der Waals surface area (Å²) >= 11 is 5.98. The molecule has 0 spiro atoms. The van der Waals surface area contributed by atoms with Crippen molar-refractivity contribution in [2.45, 2.75) is 13.2 Å². The molecule has 0 unspecified atom stereocenters. The minimum Gasteiger partial charge on any atom is -0.507 e. The molecule has 1 saturated heterocycles. The number of benzene rings is 2. The molecule has 154 valence electrons. The number of allylic oxidation sites excluding steroid dienone is 1. The van der Waals surface area contributed by atoms with E-state index in [1.54, 1.807) is 30.3 Å². The maximum absolute atomic E-state index is 12.9. The van der Waals surface area contributed by atoms with E-state index >= 15 is 0 Å². The van der Waals surface area contributed by atoms with Crippen molar-refractivity contribution in [2.75, 3.05) is 33.4 Å². The van der Waals surface area contributed by atoms with Gasteiger partial charge in [0.1, 0.15) is 17.1 Å². The van der Waals surface area contributed by atoms with Crippen LogP contribution in [0.3, 0.4) is 0 Å². The number of aliphatic hydroxyl groups is 1. The Morgan fingerprint density at radius 2 is 2.07 bits per heavy atom. The number of hydrogen-bond acceptors (Lipinski definition) is 6. The minimum absolute atomic E-state index is 0.0752. The number of carbonyl (C=O) groups is 1. The Kier molecular flexibility index (Phi) is 7.28. The van der Waals surface area contributed by atoms with Crippen molar-refractivity contribution in [1.82, 2.24) is 4.90 Å². The molecular weight excluding hydrogens is 394 g/mol. The lowest BCUT2D eigenvalue weighted by molar-refractivity contribution is 0.0336. The summed E-state index contributed by atoms with van der Waals surface area (Å²) in [4.78, 5) is 15.0. The number of aliphatic hydroxyl groups excluding tert-OH is 1. The van der Waals surface area contributed by atoms with Gasteiger partial charge in [-0.25, -0.2) is 0 Å². The monoisotopic (exact) mass is 417 g/mol. The summed E-state index contributed by atoms with van der Waals surface area (Å²) in [5.41, 5.74) is 1.90. The van der Waals surface area contributed by atoms with E-state index in [-0.39, 0.29) is 23.7 Å². The Morgan fingerprint density at radius 1 is 1.31 bits per heavy atom. The van der Waals surface area contributed by atoms with E-state index in [9.17, 15) is 15.0 Å². The van der Waals surface area contributed by atoms with E-state index in [2.05, 4.69) is 4.90 Å². The van der Waals surface area contributed by atoms with Crippen LogP contribution in [0.2, 0.25) is 5.02 Å². The van der Waals surface area contributed by atoms with E-state index in [1.807, 2.05) is 6.07 Å². The number of methoxy groups -OCH3 is 1. The first-order valence-electron chi connectivity index (χ1n) is 9.34. The molecule has 0 radical (unpaired) electrons. The van der Waals surface area contributed by atoms with E-state index in [1.165, 1.54) is 13.2 Å². The minimum atomic E-state index is -0.396. The molecule has 2 aromatic rings. The van der Waals surface area contributed by atoms with Gasteiger partial charge >= 0.3 is 0 Å². The van der Waals surface area contributed by atoms with Gasteiger partial charge in [-0.3, -0.25) is 9.69 Å². The standard InChI is InChI=1S/C22H24ClNO5/c1-28-20-12-16(14-25)18(13-24-7-9-29-10-8-24)22(27)21(20)19(26)6-5-15-3-2-4-17(23)11-15/h2-6,11-12,25,27H,7-10,13-14H2,1H3/b6-5+. The summed E-state index contributed by atoms with van der Waals surface area (Å²) in [6.07, 6.45) is 3.01. The number of phenols is 1. The lowest BCUT2D eigenvalue weighted by Gasteiger charge is -2.28. The molecule has 7 heteroatoms. The fourth-order valence-corrected chi connectivity index (χ4v) is 3.50. The number of aromatic hydroxyl groups is 1. The van der Waals surface area contributed by atoms with Crippen LogP contribution in [0.25, 0.3) is 6.08 Å². The summed E-state index contributed by atoms with van der Waals surface area (Å²) in [7, 11) is 1.43. The van der Waals surface area contributed by atoms with Crippen molar-refractivity contribution < 1.29 is 24.5 Å². The van der Waals surface area contributed by atoms with Crippen LogP contribution >= 0.6 is 11.6 Å². The molecule has 1 aliphatic heterocycles. The molecule has 0 bridgehead atoms. The van der Waals surface area contributed by atoms with Crippen molar-refractivity contribution >= 4 is 23.5 Å². The zero-order valence-electron chi connectivity index (χ0n) is 16.2. The van der Waals surface area contributed by atoms with Gasteiger partial charge < -0.3 is 19.7 Å². The van der Waals surface area contributed by atoms with Gasteiger partial charge in [-0.05, 0) is 35.4 Å². The largest absolute Gasteiger partial charge is 0.507 e. The SMILES string of the molecule is COc1cc(CO)c(CN2CCOCC2)c(O)c1C(=O)/C=C/c1cccc(Cl)c1. The lowest BCUT2D eigenvalue weighted by atomic mass is 9.97. The number of halogens is 1. The highest BCUT2D eigenvalue weighted by Crippen LogP contribution is 2.36. The van der Waals surface area contributed by atoms with Gasteiger partial charge in [0.15, 0.2) is 5.78 Å². The highest BCUT2D eigenvalue weighted by Gasteiger charge is 2.24. The van der Waals surface area contributed by atoms with Gasteiger partial charge in [-0.1, -0.05) is 29.8 Å². The second kappa shape index (κ2) is 9.89. The normalized spacial score (nSPS) is 15.0. The average Bonchev–Trinajstić information content (AvgIpc) is 2.74. The molecule has 0 atom stereocenters. The molecule has 2 aromatic carbocycles. The van der Waals surface area contributed by atoms with Gasteiger partial charge in [0.25, 0.3) is 0 Å². The summed E-state index contributed by atoms with van der Waals surface area (Å²) in [6, 6.07) is 8.71. The number of morpholine rings is 1. The topological polar surface area (TPSA) is 79.2 Å². The number of carbonyl (C=O) groups excluding carboxylic acids is 1. The smallest absolute Gasteiger partial charge is 0.193 e. The highest BCUT2D eigenvalue weighted by molar-refractivity contribution is 6.30. The van der Waals surface area contributed by atoms with Gasteiger partial charge in [-0.2, -0.15) is 0 Å². The molecule has 2 N–H and O–H groups in total. The quantitative estimate of drug-likeness (QED) is 0.531. The van der Waals surface area contributed by atoms with Crippen LogP contribution < -0.4 is 4.74 Å². The second-order valence-electron chi connectivity index (χ2n) is 6.74. The number of rotatable bonds is 7. The van der Waals surface area contributed by atoms with E-state index in [4.69, 9.17) is 21.1 Å². The van der Waals surface area contributed by atoms with E-state index < -0.39 is 5.78 Å². The molecule has 0 saturated carbocycles. The maximum atomic E-state index is 12.9. The number of ether oxygens (including phenoxy) is 2. The molecule has 6 nitrogen and oxygen atoms in total. The molecule has 1 aliphatic rings. The zero-order chi connectivity index (χ0) is 20.8. The Morgan fingerprint density at radius 3 is 2.72 bits per heavy atom. The summed E-state index contributed by atoms with van der Waals surface area (Å²) < 4.78 is 10.7. The van der Waals surface area contributed by atoms with Crippen molar-refractivity contribution in [3.05, 3.63) is 63.7 Å². The summed E-state index contributed by atoms with van der Waals surface area (Å²) in [5, 5.41) is 21.3. The van der Waals surface area contributed by atoms with E-state index in [0.717, 1.165) is 5.56 Å². The van der Waals surface area contributed by atoms with Crippen LogP contribution in [-0.2, 0) is 17.9 Å². The third-order valence-corrected chi connectivity index (χ3v) is 5.10. The lowest BCUT2D eigenvalue weighted by Crippen LogP contribution is -2.36. The molecule has 1 heterocycles. The van der Waals surface area contributed by atoms with Crippen LogP contribution in [-0.4, -0.2) is 54.3 Å². The van der Waals surface area contributed by atoms with Gasteiger partial charge in [0.2, 0.25) is 0 Å². The van der Waals surface area contributed by atoms with Crippen LogP contribution in [0.15, 0.2) is 36.4 Å². The molecule has 0 aromatic heterocycles. The van der Waals surface area contributed by atoms with Crippen molar-refractivity contribution in [3.63, 3.8) is 0 Å². The Balaban J connectivity index is 1.95. The highest BCUT2D eigenvalue weighted by atomic mass is 35.5. The third kappa shape index (κ3) is 5.16. The Labute approximate surface area is 174 Å². The molecular formula is C22H24ClNO5. The molecule has 0 aliphatic carbocycles. The molecule has 3 rings (SSSR count). The van der Waals surface area contributed by atoms with E-state index in [0.29, 0.717) is 49.0 Å². The Hall–Kier alpha value is -2.38. The van der Waals surface area contributed by atoms with Crippen LogP contribution in [0.1, 0.15) is 27.0 Å². The number of hydrogen-bond donors (Lipinski definition) is 2. The number of ketones is 1. The van der Waals surface area contributed by atoms with Gasteiger partial charge in [0, 0.05) is 30.2 Å². The third-order valence-electron chi connectivity index (χ3n) is 4.86. The predicted octanol–water partition coefficient (Wildman–Crippen LogP) is 3.27. The van der Waals surface area contributed by atoms with Crippen molar-refractivity contribution in [3.8, 4) is 11.5 Å². The number of nitrogens with zero attached hydrogens (tertiary/aromatic N) is 1. The van der Waals surface area contributed by atoms with Crippen molar-refractivity contribution in [2.24, 2.45) is 0 Å². The van der Waals surface area contributed by atoms with Crippen LogP contribution in [0.5, 0.6) is 11.5 Å². The fourth-order valence-electron chi connectivity index (χ4n) is 3.30. The van der Waals surface area contributed by atoms with Crippen LogP contribution in [0, 0.1) is 0 Å². The van der Waals surface area contributed by atoms with Gasteiger partial charge in [0.05, 0.1) is 26.9 Å². The summed E-state index contributed by atoms with van der Waals surface area (Å²) in [5.74, 6) is -0.342. The first kappa shape index (κ1) is 21.3. The number of phenolic OH excluding ortho intramolecular Hbond substituents is 1. The Bertz CT molecular complexity index is 906. The first-order valence-corrected chi connectivity index (χ1v) is 9.72. The first-order chi connectivity index (χ1) is 14.0. The maximum Gasteiger partial charge on any atom is 0.193 e. The van der Waals surface area contributed by atoms with Crippen LogP contribution in [0.4, 0.5) is 0 Å². The molecule has 1 fully saturated rings. The second-order valence-corrected chi connectivity index (χ2v) is 7.18. The predicted molar refractivity (Wildman–Crippen MR) is 111 cm³/mol. The zero-order valence-corrected chi connectivity index (χ0v) is 17.0. The molecule has 29 heavy (non-hydrogen) atoms. The molecule has 0 amide bonds. The fraction of sp³-hybridized carbons (Fsp3) is 0.318. The summed E-state index contributed by atoms with van der Waals surface area (Å²) in [6.45, 7) is 2.80. The van der Waals surface area contributed by atoms with Gasteiger partial charge in [-0.15, -0.1) is 0 Å².